The Bertz CT molecular complexity index is 325. The van der Waals surface area contributed by atoms with Gasteiger partial charge < -0.3 is 0 Å². The SMILES string of the molecule is CCCCC=C1CCC(=C2CCCC2)C1=O. The molecule has 0 N–H and O–H groups in total. The average Bonchev–Trinajstić information content (AvgIpc) is 2.89. The summed E-state index contributed by atoms with van der Waals surface area (Å²) in [5.41, 5.74) is 3.76. The van der Waals surface area contributed by atoms with Crippen molar-refractivity contribution in [3.63, 3.8) is 0 Å². The number of Topliss-reactive ketones (excluding diaryl/α,β-unsaturated/α-hetero) is 1. The Morgan fingerprint density at radius 1 is 1.12 bits per heavy atom. The number of allylic oxidation sites excluding steroid dienone is 4. The third-order valence-electron chi connectivity index (χ3n) is 3.79. The van der Waals surface area contributed by atoms with E-state index < -0.39 is 0 Å². The number of carbonyl (C=O) groups excluding carboxylic acids is 1. The molecule has 0 heterocycles. The Morgan fingerprint density at radius 3 is 2.56 bits per heavy atom. The lowest BCUT2D eigenvalue weighted by molar-refractivity contribution is -0.111. The molecule has 2 fully saturated rings. The molecular weight excluding hydrogens is 196 g/mol. The number of hydrogen-bond donors (Lipinski definition) is 0. The minimum absolute atomic E-state index is 0.382. The molecule has 16 heavy (non-hydrogen) atoms. The molecule has 88 valence electrons. The van der Waals surface area contributed by atoms with Gasteiger partial charge in [0, 0.05) is 0 Å². The third kappa shape index (κ3) is 2.45. The van der Waals surface area contributed by atoms with Gasteiger partial charge in [-0.25, -0.2) is 0 Å². The van der Waals surface area contributed by atoms with Gasteiger partial charge >= 0.3 is 0 Å². The summed E-state index contributed by atoms with van der Waals surface area (Å²) in [5, 5.41) is 0. The molecule has 2 aliphatic rings. The summed E-state index contributed by atoms with van der Waals surface area (Å²) in [6.45, 7) is 2.20. The highest BCUT2D eigenvalue weighted by Crippen LogP contribution is 2.35. The molecule has 0 aromatic heterocycles. The van der Waals surface area contributed by atoms with Gasteiger partial charge in [0.05, 0.1) is 0 Å². The van der Waals surface area contributed by atoms with E-state index in [4.69, 9.17) is 0 Å². The smallest absolute Gasteiger partial charge is 0.184 e. The first kappa shape index (κ1) is 11.6. The van der Waals surface area contributed by atoms with Crippen molar-refractivity contribution in [2.75, 3.05) is 0 Å². The van der Waals surface area contributed by atoms with Crippen LogP contribution in [0.1, 0.15) is 64.7 Å². The number of unbranched alkanes of at least 4 members (excludes halogenated alkanes) is 2. The predicted octanol–water partition coefficient (Wildman–Crippen LogP) is 4.34. The normalized spacial score (nSPS) is 23.8. The maximum absolute atomic E-state index is 12.2. The van der Waals surface area contributed by atoms with Crippen LogP contribution in [-0.4, -0.2) is 5.78 Å². The lowest BCUT2D eigenvalue weighted by atomic mass is 10.0. The van der Waals surface area contributed by atoms with Gasteiger partial charge in [0.15, 0.2) is 5.78 Å². The van der Waals surface area contributed by atoms with Crippen molar-refractivity contribution in [3.05, 3.63) is 22.8 Å². The van der Waals surface area contributed by atoms with Crippen molar-refractivity contribution in [3.8, 4) is 0 Å². The zero-order chi connectivity index (χ0) is 11.4. The van der Waals surface area contributed by atoms with Gasteiger partial charge in [-0.2, -0.15) is 0 Å². The second-order valence-corrected chi connectivity index (χ2v) is 4.99. The van der Waals surface area contributed by atoms with E-state index in [1.807, 2.05) is 0 Å². The molecular formula is C15H22O. The average molecular weight is 218 g/mol. The number of hydrogen-bond acceptors (Lipinski definition) is 1. The van der Waals surface area contributed by atoms with Crippen LogP contribution in [0.2, 0.25) is 0 Å². The Hall–Kier alpha value is -0.850. The van der Waals surface area contributed by atoms with Crippen LogP contribution in [0.3, 0.4) is 0 Å². The van der Waals surface area contributed by atoms with Gasteiger partial charge in [-0.05, 0) is 56.1 Å². The van der Waals surface area contributed by atoms with Crippen molar-refractivity contribution in [1.82, 2.24) is 0 Å². The van der Waals surface area contributed by atoms with Crippen LogP contribution in [0.4, 0.5) is 0 Å². The summed E-state index contributed by atoms with van der Waals surface area (Å²) in [6, 6.07) is 0. The molecule has 0 radical (unpaired) electrons. The van der Waals surface area contributed by atoms with Crippen LogP contribution in [0.15, 0.2) is 22.8 Å². The summed E-state index contributed by atoms with van der Waals surface area (Å²) in [4.78, 5) is 12.2. The molecule has 0 amide bonds. The molecule has 0 atom stereocenters. The highest BCUT2D eigenvalue weighted by molar-refractivity contribution is 6.11. The molecule has 0 aliphatic heterocycles. The van der Waals surface area contributed by atoms with Crippen LogP contribution in [0, 0.1) is 0 Å². The van der Waals surface area contributed by atoms with Crippen LogP contribution in [0.5, 0.6) is 0 Å². The minimum atomic E-state index is 0.382. The van der Waals surface area contributed by atoms with Gasteiger partial charge in [0.1, 0.15) is 0 Å². The van der Waals surface area contributed by atoms with E-state index in [1.54, 1.807) is 0 Å². The molecule has 0 aromatic carbocycles. The van der Waals surface area contributed by atoms with Crippen molar-refractivity contribution >= 4 is 5.78 Å². The quantitative estimate of drug-likeness (QED) is 0.509. The van der Waals surface area contributed by atoms with Crippen LogP contribution < -0.4 is 0 Å². The lowest BCUT2D eigenvalue weighted by Gasteiger charge is -2.00. The maximum Gasteiger partial charge on any atom is 0.184 e. The van der Waals surface area contributed by atoms with E-state index in [2.05, 4.69) is 13.0 Å². The van der Waals surface area contributed by atoms with E-state index in [9.17, 15) is 4.79 Å². The first-order valence-electron chi connectivity index (χ1n) is 6.77. The first-order chi connectivity index (χ1) is 7.83. The van der Waals surface area contributed by atoms with Gasteiger partial charge in [0.2, 0.25) is 0 Å². The Morgan fingerprint density at radius 2 is 1.88 bits per heavy atom. The van der Waals surface area contributed by atoms with Crippen molar-refractivity contribution in [2.45, 2.75) is 64.7 Å². The highest BCUT2D eigenvalue weighted by Gasteiger charge is 2.26. The lowest BCUT2D eigenvalue weighted by Crippen LogP contribution is -1.98. The molecule has 1 heteroatoms. The van der Waals surface area contributed by atoms with Crippen LogP contribution in [-0.2, 0) is 4.79 Å². The van der Waals surface area contributed by atoms with Crippen LogP contribution >= 0.6 is 0 Å². The van der Waals surface area contributed by atoms with Gasteiger partial charge in [-0.1, -0.05) is 31.4 Å². The summed E-state index contributed by atoms with van der Waals surface area (Å²) < 4.78 is 0. The fourth-order valence-electron chi connectivity index (χ4n) is 2.80. The standard InChI is InChI=1S/C15H22O/c1-2-3-4-9-13-10-11-14(15(13)16)12-7-5-6-8-12/h9H,2-8,10-11H2,1H3. The molecule has 2 aliphatic carbocycles. The topological polar surface area (TPSA) is 17.1 Å². The number of ketones is 1. The zero-order valence-electron chi connectivity index (χ0n) is 10.3. The summed E-state index contributed by atoms with van der Waals surface area (Å²) in [5.74, 6) is 0.382. The van der Waals surface area contributed by atoms with Gasteiger partial charge in [-0.15, -0.1) is 0 Å². The molecule has 2 saturated carbocycles. The maximum atomic E-state index is 12.2. The van der Waals surface area contributed by atoms with Crippen molar-refractivity contribution in [2.24, 2.45) is 0 Å². The molecule has 1 nitrogen and oxygen atoms in total. The van der Waals surface area contributed by atoms with E-state index in [-0.39, 0.29) is 0 Å². The molecule has 0 aromatic rings. The molecule has 2 rings (SSSR count). The predicted molar refractivity (Wildman–Crippen MR) is 67.3 cm³/mol. The van der Waals surface area contributed by atoms with Gasteiger partial charge in [-0.3, -0.25) is 4.79 Å². The number of rotatable bonds is 3. The largest absolute Gasteiger partial charge is 0.289 e. The fourth-order valence-corrected chi connectivity index (χ4v) is 2.80. The summed E-state index contributed by atoms with van der Waals surface area (Å²) in [6.07, 6.45) is 12.7. The molecule has 0 bridgehead atoms. The monoisotopic (exact) mass is 218 g/mol. The van der Waals surface area contributed by atoms with E-state index in [1.165, 1.54) is 49.7 Å². The number of carbonyl (C=O) groups is 1. The summed E-state index contributed by atoms with van der Waals surface area (Å²) in [7, 11) is 0. The molecule has 0 saturated heterocycles. The second-order valence-electron chi connectivity index (χ2n) is 4.99. The second kappa shape index (κ2) is 5.47. The highest BCUT2D eigenvalue weighted by atomic mass is 16.1. The van der Waals surface area contributed by atoms with Crippen molar-refractivity contribution < 1.29 is 4.79 Å². The summed E-state index contributed by atoms with van der Waals surface area (Å²) >= 11 is 0. The minimum Gasteiger partial charge on any atom is -0.289 e. The Balaban J connectivity index is 2.04. The van der Waals surface area contributed by atoms with Crippen LogP contribution in [0.25, 0.3) is 0 Å². The molecule has 0 unspecified atom stereocenters. The third-order valence-corrected chi connectivity index (χ3v) is 3.79. The Labute approximate surface area is 98.6 Å². The fraction of sp³-hybridized carbons (Fsp3) is 0.667. The molecule has 0 spiro atoms. The zero-order valence-corrected chi connectivity index (χ0v) is 10.3. The first-order valence-corrected chi connectivity index (χ1v) is 6.77. The van der Waals surface area contributed by atoms with E-state index >= 15 is 0 Å². The van der Waals surface area contributed by atoms with Crippen molar-refractivity contribution in [1.29, 1.82) is 0 Å². The Kier molecular flexibility index (Phi) is 3.98. The van der Waals surface area contributed by atoms with Gasteiger partial charge in [0.25, 0.3) is 0 Å². The van der Waals surface area contributed by atoms with E-state index in [0.717, 1.165) is 24.8 Å². The van der Waals surface area contributed by atoms with E-state index in [0.29, 0.717) is 5.78 Å².